The predicted octanol–water partition coefficient (Wildman–Crippen LogP) is 3.27. The number of aryl methyl sites for hydroxylation is 1. The van der Waals surface area contributed by atoms with Gasteiger partial charge in [-0.15, -0.1) is 0 Å². The topological polar surface area (TPSA) is 88.9 Å². The minimum atomic E-state index is -0.605. The molecule has 0 unspecified atom stereocenters. The number of hydrogen-bond donors (Lipinski definition) is 0. The van der Waals surface area contributed by atoms with Crippen LogP contribution in [-0.4, -0.2) is 39.2 Å². The Hall–Kier alpha value is -3.60. The molecule has 0 atom stereocenters. The Labute approximate surface area is 174 Å². The lowest BCUT2D eigenvalue weighted by Crippen LogP contribution is -2.36. The normalized spacial score (nSPS) is 10.1. The van der Waals surface area contributed by atoms with Gasteiger partial charge in [-0.1, -0.05) is 12.1 Å². The number of carbonyl (C=O) groups excluding carboxylic acids is 2. The molecule has 1 amide bonds. The van der Waals surface area contributed by atoms with Gasteiger partial charge in [0.1, 0.15) is 17.3 Å². The van der Waals surface area contributed by atoms with Crippen LogP contribution in [0.3, 0.4) is 0 Å². The lowest BCUT2D eigenvalue weighted by molar-refractivity contribution is -0.147. The molecule has 0 aromatic heterocycles. The van der Waals surface area contributed by atoms with E-state index in [9.17, 15) is 14.0 Å². The summed E-state index contributed by atoms with van der Waals surface area (Å²) in [5.74, 6) is -0.565. The van der Waals surface area contributed by atoms with Gasteiger partial charge in [0.05, 0.1) is 32.4 Å². The first kappa shape index (κ1) is 22.7. The van der Waals surface area contributed by atoms with Gasteiger partial charge >= 0.3 is 5.97 Å². The number of anilines is 1. The highest BCUT2D eigenvalue weighted by molar-refractivity contribution is 5.95. The molecule has 0 aliphatic carbocycles. The van der Waals surface area contributed by atoms with Crippen molar-refractivity contribution in [2.24, 2.45) is 0 Å². The maximum absolute atomic E-state index is 14.1. The number of nitrogens with zero attached hydrogens (tertiary/aromatic N) is 2. The average Bonchev–Trinajstić information content (AvgIpc) is 2.77. The molecule has 0 aliphatic rings. The van der Waals surface area contributed by atoms with Gasteiger partial charge in [-0.05, 0) is 36.2 Å². The number of amides is 1. The molecule has 2 rings (SSSR count). The monoisotopic (exact) mass is 414 g/mol. The zero-order valence-electron chi connectivity index (χ0n) is 16.9. The Morgan fingerprint density at radius 2 is 1.77 bits per heavy atom. The Balaban J connectivity index is 1.94. The summed E-state index contributed by atoms with van der Waals surface area (Å²) in [7, 11) is 3.07. The minimum absolute atomic E-state index is 0.00256. The van der Waals surface area contributed by atoms with E-state index in [1.54, 1.807) is 24.3 Å². The zero-order valence-corrected chi connectivity index (χ0v) is 16.9. The van der Waals surface area contributed by atoms with Crippen LogP contribution < -0.4 is 14.4 Å². The number of para-hydroxylation sites is 1. The van der Waals surface area contributed by atoms with Crippen molar-refractivity contribution >= 4 is 17.6 Å². The quantitative estimate of drug-likeness (QED) is 0.555. The van der Waals surface area contributed by atoms with Gasteiger partial charge in [-0.3, -0.25) is 9.59 Å². The van der Waals surface area contributed by atoms with Crippen molar-refractivity contribution in [3.05, 3.63) is 53.8 Å². The summed E-state index contributed by atoms with van der Waals surface area (Å²) >= 11 is 0. The minimum Gasteiger partial charge on any atom is -0.497 e. The number of nitriles is 1. The summed E-state index contributed by atoms with van der Waals surface area (Å²) in [4.78, 5) is 25.7. The van der Waals surface area contributed by atoms with Crippen LogP contribution in [0.25, 0.3) is 0 Å². The first-order chi connectivity index (χ1) is 14.5. The van der Waals surface area contributed by atoms with Gasteiger partial charge in [-0.25, -0.2) is 4.39 Å². The number of esters is 1. The Morgan fingerprint density at radius 3 is 2.37 bits per heavy atom. The molecule has 8 heteroatoms. The summed E-state index contributed by atoms with van der Waals surface area (Å²) in [6.45, 7) is -0.544. The molecule has 0 bridgehead atoms. The van der Waals surface area contributed by atoms with Crippen molar-refractivity contribution < 1.29 is 28.2 Å². The zero-order chi connectivity index (χ0) is 21.9. The van der Waals surface area contributed by atoms with Crippen LogP contribution in [0.4, 0.5) is 10.1 Å². The SMILES string of the molecule is COc1cc(CCC(=O)OCC(=O)N(CCC#N)c2ccccc2F)cc(OC)c1. The third-order valence-corrected chi connectivity index (χ3v) is 4.28. The largest absolute Gasteiger partial charge is 0.497 e. The fourth-order valence-corrected chi connectivity index (χ4v) is 2.76. The number of ether oxygens (including phenoxy) is 3. The van der Waals surface area contributed by atoms with Crippen LogP contribution in [0.5, 0.6) is 11.5 Å². The van der Waals surface area contributed by atoms with Gasteiger partial charge in [-0.2, -0.15) is 5.26 Å². The van der Waals surface area contributed by atoms with Crippen LogP contribution in [0.2, 0.25) is 0 Å². The van der Waals surface area contributed by atoms with Crippen molar-refractivity contribution in [1.82, 2.24) is 0 Å². The summed E-state index contributed by atoms with van der Waals surface area (Å²) in [5, 5.41) is 8.80. The molecule has 0 spiro atoms. The highest BCUT2D eigenvalue weighted by Gasteiger charge is 2.20. The van der Waals surface area contributed by atoms with Crippen molar-refractivity contribution in [3.8, 4) is 17.6 Å². The van der Waals surface area contributed by atoms with E-state index in [1.165, 1.54) is 32.4 Å². The first-order valence-electron chi connectivity index (χ1n) is 9.28. The molecule has 2 aromatic rings. The number of carbonyl (C=O) groups is 2. The van der Waals surface area contributed by atoms with Gasteiger partial charge in [0.25, 0.3) is 5.91 Å². The molecule has 7 nitrogen and oxygen atoms in total. The van der Waals surface area contributed by atoms with E-state index >= 15 is 0 Å². The average molecular weight is 414 g/mol. The fraction of sp³-hybridized carbons (Fsp3) is 0.318. The Morgan fingerprint density at radius 1 is 1.10 bits per heavy atom. The molecule has 0 saturated carbocycles. The van der Waals surface area contributed by atoms with Gasteiger partial charge in [0, 0.05) is 19.0 Å². The maximum atomic E-state index is 14.1. The van der Waals surface area contributed by atoms with Crippen LogP contribution in [0.15, 0.2) is 42.5 Å². The summed E-state index contributed by atoms with van der Waals surface area (Å²) in [6.07, 6.45) is 0.430. The summed E-state index contributed by atoms with van der Waals surface area (Å²) < 4.78 is 29.5. The fourth-order valence-electron chi connectivity index (χ4n) is 2.76. The number of rotatable bonds is 10. The van der Waals surface area contributed by atoms with E-state index in [1.807, 2.05) is 6.07 Å². The molecule has 158 valence electrons. The van der Waals surface area contributed by atoms with Crippen molar-refractivity contribution in [2.45, 2.75) is 19.3 Å². The van der Waals surface area contributed by atoms with Gasteiger partial charge < -0.3 is 19.1 Å². The number of benzene rings is 2. The van der Waals surface area contributed by atoms with Gasteiger partial charge in [0.15, 0.2) is 6.61 Å². The van der Waals surface area contributed by atoms with Gasteiger partial charge in [0.2, 0.25) is 0 Å². The third kappa shape index (κ3) is 6.48. The lowest BCUT2D eigenvalue weighted by Gasteiger charge is -2.22. The van der Waals surface area contributed by atoms with E-state index in [2.05, 4.69) is 0 Å². The van der Waals surface area contributed by atoms with Crippen molar-refractivity contribution in [1.29, 1.82) is 5.26 Å². The molecule has 0 N–H and O–H groups in total. The molecule has 0 heterocycles. The second-order valence-corrected chi connectivity index (χ2v) is 6.29. The van der Waals surface area contributed by atoms with Crippen LogP contribution >= 0.6 is 0 Å². The molecule has 2 aromatic carbocycles. The first-order valence-corrected chi connectivity index (χ1v) is 9.28. The predicted molar refractivity (Wildman–Crippen MR) is 108 cm³/mol. The van der Waals surface area contributed by atoms with E-state index in [0.717, 1.165) is 10.5 Å². The summed E-state index contributed by atoms with van der Waals surface area (Å²) in [5.41, 5.74) is 0.855. The number of halogens is 1. The Bertz CT molecular complexity index is 904. The molecule has 30 heavy (non-hydrogen) atoms. The number of hydrogen-bond acceptors (Lipinski definition) is 6. The second-order valence-electron chi connectivity index (χ2n) is 6.29. The molecular weight excluding hydrogens is 391 g/mol. The molecule has 0 saturated heterocycles. The van der Waals surface area contributed by atoms with Crippen molar-refractivity contribution in [3.63, 3.8) is 0 Å². The lowest BCUT2D eigenvalue weighted by atomic mass is 10.1. The second kappa shape index (κ2) is 11.4. The van der Waals surface area contributed by atoms with Crippen molar-refractivity contribution in [2.75, 3.05) is 32.3 Å². The third-order valence-electron chi connectivity index (χ3n) is 4.28. The Kier molecular flexibility index (Phi) is 8.63. The molecular formula is C22H23FN2O5. The van der Waals surface area contributed by atoms with Crippen LogP contribution in [0.1, 0.15) is 18.4 Å². The highest BCUT2D eigenvalue weighted by Crippen LogP contribution is 2.23. The smallest absolute Gasteiger partial charge is 0.306 e. The number of methoxy groups -OCH3 is 2. The van der Waals surface area contributed by atoms with E-state index in [-0.39, 0.29) is 25.1 Å². The summed E-state index contributed by atoms with van der Waals surface area (Å²) in [6, 6.07) is 12.9. The van der Waals surface area contributed by atoms with E-state index in [4.69, 9.17) is 19.5 Å². The van der Waals surface area contributed by atoms with E-state index < -0.39 is 24.3 Å². The molecule has 0 radical (unpaired) electrons. The van der Waals surface area contributed by atoms with E-state index in [0.29, 0.717) is 17.9 Å². The van der Waals surface area contributed by atoms with Crippen LogP contribution in [-0.2, 0) is 20.7 Å². The molecule has 0 aliphatic heterocycles. The maximum Gasteiger partial charge on any atom is 0.306 e. The molecule has 0 fully saturated rings. The standard InChI is InChI=1S/C22H23FN2O5/c1-28-17-12-16(13-18(14-17)29-2)8-9-22(27)30-15-21(26)25(11-5-10-24)20-7-4-3-6-19(20)23/h3-4,6-7,12-14H,5,8-9,11,15H2,1-2H3. The van der Waals surface area contributed by atoms with Crippen LogP contribution in [0, 0.1) is 17.1 Å². The highest BCUT2D eigenvalue weighted by atomic mass is 19.1.